The molecule has 4 saturated carbocycles. The maximum Gasteiger partial charge on any atom is 0.309 e. The average Bonchev–Trinajstić information content (AvgIpc) is 2.44. The van der Waals surface area contributed by atoms with Crippen molar-refractivity contribution in [1.29, 1.82) is 0 Å². The summed E-state index contributed by atoms with van der Waals surface area (Å²) in [6.07, 6.45) is 9.59. The van der Waals surface area contributed by atoms with E-state index in [1.807, 2.05) is 0 Å². The summed E-state index contributed by atoms with van der Waals surface area (Å²) in [5.41, 5.74) is -0.0972. The van der Waals surface area contributed by atoms with Crippen LogP contribution in [0.4, 0.5) is 0 Å². The number of unbranched alkanes of at least 4 members (excludes halogenated alkanes) is 2. The van der Waals surface area contributed by atoms with Gasteiger partial charge in [0.1, 0.15) is 0 Å². The van der Waals surface area contributed by atoms with E-state index >= 15 is 0 Å². The van der Waals surface area contributed by atoms with Crippen LogP contribution in [0.3, 0.4) is 0 Å². The Kier molecular flexibility index (Phi) is 4.71. The number of aliphatic hydroxyl groups is 1. The first-order chi connectivity index (χ1) is 10.6. The third-order valence-corrected chi connectivity index (χ3v) is 5.74. The fraction of sp³-hybridized carbons (Fsp3) is 0.882. The molecule has 22 heavy (non-hydrogen) atoms. The van der Waals surface area contributed by atoms with Crippen molar-refractivity contribution in [2.45, 2.75) is 63.3 Å². The number of carbonyl (C=O) groups excluding carboxylic acids is 2. The summed E-state index contributed by atoms with van der Waals surface area (Å²) in [6.45, 7) is 0.688. The van der Waals surface area contributed by atoms with Crippen molar-refractivity contribution in [3.63, 3.8) is 0 Å². The summed E-state index contributed by atoms with van der Waals surface area (Å²) < 4.78 is 0. The van der Waals surface area contributed by atoms with Crippen molar-refractivity contribution in [2.24, 2.45) is 17.8 Å². The van der Waals surface area contributed by atoms with Crippen molar-refractivity contribution < 1.29 is 14.7 Å². The molecule has 0 aromatic carbocycles. The second-order valence-electron chi connectivity index (χ2n) is 7.69. The molecule has 4 rings (SSSR count). The summed E-state index contributed by atoms with van der Waals surface area (Å²) in [4.78, 5) is 24.1. The maximum atomic E-state index is 12.2. The minimum atomic E-state index is -0.500. The lowest BCUT2D eigenvalue weighted by atomic mass is 9.53. The Balaban J connectivity index is 1.46. The molecule has 4 aliphatic rings. The Morgan fingerprint density at radius 2 is 1.50 bits per heavy atom. The van der Waals surface area contributed by atoms with Crippen molar-refractivity contribution >= 4 is 11.8 Å². The number of nitrogens with one attached hydrogen (secondary N) is 2. The minimum Gasteiger partial charge on any atom is -0.396 e. The number of hydrogen-bond acceptors (Lipinski definition) is 3. The third kappa shape index (κ3) is 3.45. The van der Waals surface area contributed by atoms with Gasteiger partial charge in [0.05, 0.1) is 0 Å². The van der Waals surface area contributed by atoms with Crippen molar-refractivity contribution in [1.82, 2.24) is 10.6 Å². The highest BCUT2D eigenvalue weighted by Gasteiger charge is 2.51. The van der Waals surface area contributed by atoms with E-state index in [4.69, 9.17) is 5.11 Å². The first-order valence-electron chi connectivity index (χ1n) is 8.81. The highest BCUT2D eigenvalue weighted by atomic mass is 16.3. The molecule has 3 N–H and O–H groups in total. The van der Waals surface area contributed by atoms with Gasteiger partial charge in [-0.05, 0) is 75.5 Å². The molecule has 0 aliphatic heterocycles. The van der Waals surface area contributed by atoms with Crippen LogP contribution < -0.4 is 10.6 Å². The summed E-state index contributed by atoms with van der Waals surface area (Å²) in [7, 11) is 0. The van der Waals surface area contributed by atoms with Crippen LogP contribution in [-0.2, 0) is 9.59 Å². The SMILES string of the molecule is O=C(NCCCCCO)C(=O)NC12CC3CC(CC(C3)C1)C2. The first-order valence-corrected chi connectivity index (χ1v) is 8.81. The molecule has 0 spiro atoms. The number of aliphatic hydroxyl groups excluding tert-OH is 1. The highest BCUT2D eigenvalue weighted by Crippen LogP contribution is 2.55. The highest BCUT2D eigenvalue weighted by molar-refractivity contribution is 6.35. The molecule has 2 amide bonds. The quantitative estimate of drug-likeness (QED) is 0.512. The standard InChI is InChI=1S/C17H28N2O3/c20-5-3-1-2-4-18-15(21)16(22)19-17-9-12-6-13(10-17)8-14(7-12)11-17/h12-14,20H,1-11H2,(H,18,21)(H,19,22). The van der Waals surface area contributed by atoms with E-state index in [2.05, 4.69) is 10.6 Å². The van der Waals surface area contributed by atoms with Gasteiger partial charge in [-0.3, -0.25) is 9.59 Å². The van der Waals surface area contributed by atoms with Gasteiger partial charge < -0.3 is 15.7 Å². The van der Waals surface area contributed by atoms with E-state index in [1.165, 1.54) is 19.3 Å². The van der Waals surface area contributed by atoms with Crippen LogP contribution in [0, 0.1) is 17.8 Å². The lowest BCUT2D eigenvalue weighted by Gasteiger charge is -2.56. The third-order valence-electron chi connectivity index (χ3n) is 5.74. The second-order valence-corrected chi connectivity index (χ2v) is 7.69. The van der Waals surface area contributed by atoms with E-state index in [1.54, 1.807) is 0 Å². The van der Waals surface area contributed by atoms with Crippen molar-refractivity contribution in [3.8, 4) is 0 Å². The van der Waals surface area contributed by atoms with Gasteiger partial charge in [0.25, 0.3) is 0 Å². The number of carbonyl (C=O) groups is 2. The molecule has 0 radical (unpaired) electrons. The molecule has 5 nitrogen and oxygen atoms in total. The molecule has 0 aromatic heterocycles. The fourth-order valence-electron chi connectivity index (χ4n) is 5.26. The number of amides is 2. The molecule has 124 valence electrons. The van der Waals surface area contributed by atoms with E-state index < -0.39 is 11.8 Å². The summed E-state index contributed by atoms with van der Waals surface area (Å²) in [5, 5.41) is 14.5. The Morgan fingerprint density at radius 3 is 2.05 bits per heavy atom. The largest absolute Gasteiger partial charge is 0.396 e. The Bertz CT molecular complexity index is 400. The predicted molar refractivity (Wildman–Crippen MR) is 83.0 cm³/mol. The van der Waals surface area contributed by atoms with Crippen LogP contribution in [0.1, 0.15) is 57.8 Å². The van der Waals surface area contributed by atoms with Crippen LogP contribution in [-0.4, -0.2) is 35.6 Å². The van der Waals surface area contributed by atoms with Gasteiger partial charge in [-0.25, -0.2) is 0 Å². The summed E-state index contributed by atoms with van der Waals surface area (Å²) in [6, 6.07) is 0. The van der Waals surface area contributed by atoms with Crippen LogP contribution in [0.15, 0.2) is 0 Å². The molecule has 0 saturated heterocycles. The van der Waals surface area contributed by atoms with E-state index in [0.717, 1.165) is 56.3 Å². The smallest absolute Gasteiger partial charge is 0.309 e. The van der Waals surface area contributed by atoms with Gasteiger partial charge in [-0.1, -0.05) is 0 Å². The molecule has 0 atom stereocenters. The number of rotatable bonds is 6. The topological polar surface area (TPSA) is 78.4 Å². The lowest BCUT2D eigenvalue weighted by molar-refractivity contribution is -0.142. The molecular weight excluding hydrogens is 280 g/mol. The van der Waals surface area contributed by atoms with Gasteiger partial charge in [-0.2, -0.15) is 0 Å². The second kappa shape index (κ2) is 6.57. The van der Waals surface area contributed by atoms with Crippen molar-refractivity contribution in [3.05, 3.63) is 0 Å². The summed E-state index contributed by atoms with van der Waals surface area (Å²) >= 11 is 0. The summed E-state index contributed by atoms with van der Waals surface area (Å²) in [5.74, 6) is 1.32. The van der Waals surface area contributed by atoms with Gasteiger partial charge >= 0.3 is 11.8 Å². The van der Waals surface area contributed by atoms with Crippen LogP contribution in [0.5, 0.6) is 0 Å². The van der Waals surface area contributed by atoms with Crippen LogP contribution in [0.2, 0.25) is 0 Å². The predicted octanol–water partition coefficient (Wildman–Crippen LogP) is 1.35. The Morgan fingerprint density at radius 1 is 0.909 bits per heavy atom. The average molecular weight is 308 g/mol. The molecule has 0 unspecified atom stereocenters. The van der Waals surface area contributed by atoms with Gasteiger partial charge in [0.15, 0.2) is 0 Å². The van der Waals surface area contributed by atoms with Gasteiger partial charge in [0, 0.05) is 18.7 Å². The fourth-order valence-corrected chi connectivity index (χ4v) is 5.26. The molecule has 4 fully saturated rings. The molecular formula is C17H28N2O3. The van der Waals surface area contributed by atoms with E-state index in [-0.39, 0.29) is 12.1 Å². The molecule has 5 heteroatoms. The zero-order valence-corrected chi connectivity index (χ0v) is 13.3. The lowest BCUT2D eigenvalue weighted by Crippen LogP contribution is -2.61. The maximum absolute atomic E-state index is 12.2. The normalized spacial score (nSPS) is 35.4. The zero-order valence-electron chi connectivity index (χ0n) is 13.3. The first kappa shape index (κ1) is 15.8. The molecule has 0 aromatic rings. The molecule has 4 bridgehead atoms. The van der Waals surface area contributed by atoms with Gasteiger partial charge in [0.2, 0.25) is 0 Å². The number of hydrogen-bond donors (Lipinski definition) is 3. The van der Waals surface area contributed by atoms with E-state index in [9.17, 15) is 9.59 Å². The molecule has 4 aliphatic carbocycles. The minimum absolute atomic E-state index is 0.0972. The van der Waals surface area contributed by atoms with E-state index in [0.29, 0.717) is 6.54 Å². The Hall–Kier alpha value is -1.10. The zero-order chi connectivity index (χ0) is 15.6. The van der Waals surface area contributed by atoms with Gasteiger partial charge in [-0.15, -0.1) is 0 Å². The van der Waals surface area contributed by atoms with Crippen LogP contribution in [0.25, 0.3) is 0 Å². The van der Waals surface area contributed by atoms with Crippen molar-refractivity contribution in [2.75, 3.05) is 13.2 Å². The Labute approximate surface area is 132 Å². The molecule has 0 heterocycles. The monoisotopic (exact) mass is 308 g/mol. The van der Waals surface area contributed by atoms with Crippen LogP contribution >= 0.6 is 0 Å².